The van der Waals surface area contributed by atoms with E-state index in [-0.39, 0.29) is 11.1 Å². The molecule has 0 N–H and O–H groups in total. The van der Waals surface area contributed by atoms with Crippen molar-refractivity contribution in [3.05, 3.63) is 104 Å². The van der Waals surface area contributed by atoms with Gasteiger partial charge in [0.25, 0.3) is 0 Å². The number of halogens is 4. The SMILES string of the molecule is N#CC(C#N)=C1C2=C(C(C#N)=C1c1cc(F)cc(F)n1)C(=C(C#N)C#N)C(c1cc(F)cc(F)n1)=C2C#N. The Balaban J connectivity index is 2.27. The summed E-state index contributed by atoms with van der Waals surface area (Å²) in [4.78, 5) is 7.10. The minimum absolute atomic E-state index is 0.344. The zero-order valence-electron chi connectivity index (χ0n) is 18.4. The van der Waals surface area contributed by atoms with Gasteiger partial charge in [-0.05, 0) is 0 Å². The lowest BCUT2D eigenvalue weighted by Crippen LogP contribution is -2.04. The highest BCUT2D eigenvalue weighted by molar-refractivity contribution is 6.10. The Bertz CT molecular complexity index is 1710. The highest BCUT2D eigenvalue weighted by Gasteiger charge is 2.45. The van der Waals surface area contributed by atoms with Crippen molar-refractivity contribution in [1.29, 1.82) is 31.6 Å². The maximum Gasteiger partial charge on any atom is 0.216 e. The molecule has 2 aromatic heterocycles. The van der Waals surface area contributed by atoms with Crippen molar-refractivity contribution in [3.63, 3.8) is 0 Å². The van der Waals surface area contributed by atoms with Crippen molar-refractivity contribution in [3.8, 4) is 36.4 Å². The van der Waals surface area contributed by atoms with Gasteiger partial charge < -0.3 is 0 Å². The molecule has 2 aliphatic rings. The molecule has 0 saturated heterocycles. The third kappa shape index (κ3) is 3.65. The second-order valence-corrected chi connectivity index (χ2v) is 7.41. The highest BCUT2D eigenvalue weighted by atomic mass is 19.1. The van der Waals surface area contributed by atoms with E-state index < -0.39 is 79.5 Å². The highest BCUT2D eigenvalue weighted by Crippen LogP contribution is 2.57. The topological polar surface area (TPSA) is 169 Å². The first-order valence-corrected chi connectivity index (χ1v) is 10.1. The molecule has 38 heavy (non-hydrogen) atoms. The zero-order valence-corrected chi connectivity index (χ0v) is 18.4. The van der Waals surface area contributed by atoms with Crippen LogP contribution >= 0.6 is 0 Å². The number of pyridine rings is 2. The van der Waals surface area contributed by atoms with Gasteiger partial charge in [0.2, 0.25) is 11.9 Å². The van der Waals surface area contributed by atoms with Crippen molar-refractivity contribution >= 4 is 11.1 Å². The summed E-state index contributed by atoms with van der Waals surface area (Å²) in [5, 5.41) is 58.9. The summed E-state index contributed by atoms with van der Waals surface area (Å²) < 4.78 is 56.4. The first kappa shape index (κ1) is 24.8. The van der Waals surface area contributed by atoms with Crippen LogP contribution in [-0.2, 0) is 0 Å². The van der Waals surface area contributed by atoms with Gasteiger partial charge in [0, 0.05) is 57.7 Å². The van der Waals surface area contributed by atoms with Gasteiger partial charge in [0.1, 0.15) is 59.2 Å². The van der Waals surface area contributed by atoms with Crippen LogP contribution in [0.5, 0.6) is 0 Å². The molecule has 2 aliphatic carbocycles. The van der Waals surface area contributed by atoms with Gasteiger partial charge in [0.15, 0.2) is 0 Å². The molecule has 2 heterocycles. The van der Waals surface area contributed by atoms with E-state index in [1.807, 2.05) is 0 Å². The van der Waals surface area contributed by atoms with Crippen molar-refractivity contribution in [2.75, 3.05) is 0 Å². The number of rotatable bonds is 2. The molecule has 0 aromatic carbocycles. The number of nitrogens with zero attached hydrogens (tertiary/aromatic N) is 8. The largest absolute Gasteiger partial charge is 0.219 e. The van der Waals surface area contributed by atoms with E-state index >= 15 is 0 Å². The van der Waals surface area contributed by atoms with Crippen LogP contribution in [0.2, 0.25) is 0 Å². The average Bonchev–Trinajstić information content (AvgIpc) is 3.37. The molecule has 12 heteroatoms. The summed E-state index contributed by atoms with van der Waals surface area (Å²) in [6.45, 7) is 0. The van der Waals surface area contributed by atoms with Crippen LogP contribution in [-0.4, -0.2) is 9.97 Å². The maximum atomic E-state index is 14.1. The van der Waals surface area contributed by atoms with E-state index in [1.54, 1.807) is 36.4 Å². The summed E-state index contributed by atoms with van der Waals surface area (Å²) in [7, 11) is 0. The fourth-order valence-electron chi connectivity index (χ4n) is 4.20. The van der Waals surface area contributed by atoms with E-state index in [2.05, 4.69) is 9.97 Å². The van der Waals surface area contributed by atoms with Gasteiger partial charge >= 0.3 is 0 Å². The number of aromatic nitrogens is 2. The van der Waals surface area contributed by atoms with E-state index in [1.165, 1.54) is 0 Å². The first-order valence-electron chi connectivity index (χ1n) is 10.1. The Morgan fingerprint density at radius 1 is 0.526 bits per heavy atom. The van der Waals surface area contributed by atoms with Gasteiger partial charge in [-0.1, -0.05) is 0 Å². The van der Waals surface area contributed by atoms with Crippen molar-refractivity contribution in [2.45, 2.75) is 0 Å². The van der Waals surface area contributed by atoms with Gasteiger partial charge in [-0.3, -0.25) is 0 Å². The zero-order chi connectivity index (χ0) is 27.7. The quantitative estimate of drug-likeness (QED) is 0.331. The minimum Gasteiger partial charge on any atom is -0.219 e. The van der Waals surface area contributed by atoms with Crippen LogP contribution < -0.4 is 0 Å². The summed E-state index contributed by atoms with van der Waals surface area (Å²) in [6.07, 6.45) is 0. The maximum absolute atomic E-state index is 14.1. The Kier molecular flexibility index (Phi) is 6.11. The fraction of sp³-hybridized carbons (Fsp3) is 0. The second-order valence-electron chi connectivity index (χ2n) is 7.41. The third-order valence-electron chi connectivity index (χ3n) is 5.45. The van der Waals surface area contributed by atoms with Crippen LogP contribution in [0.3, 0.4) is 0 Å². The normalized spacial score (nSPS) is 13.7. The second kappa shape index (κ2) is 9.37. The minimum atomic E-state index is -1.31. The molecule has 0 spiro atoms. The molecule has 0 aliphatic heterocycles. The van der Waals surface area contributed by atoms with Crippen molar-refractivity contribution < 1.29 is 17.6 Å². The van der Waals surface area contributed by atoms with Gasteiger partial charge in [-0.25, -0.2) is 18.7 Å². The van der Waals surface area contributed by atoms with E-state index in [0.717, 1.165) is 0 Å². The third-order valence-corrected chi connectivity index (χ3v) is 5.45. The molecule has 4 rings (SSSR count). The van der Waals surface area contributed by atoms with Crippen molar-refractivity contribution in [1.82, 2.24) is 9.97 Å². The lowest BCUT2D eigenvalue weighted by atomic mass is 9.87. The number of nitriles is 6. The van der Waals surface area contributed by atoms with Crippen molar-refractivity contribution in [2.24, 2.45) is 0 Å². The Morgan fingerprint density at radius 3 is 1.13 bits per heavy atom. The van der Waals surface area contributed by atoms with Crippen LogP contribution in [0, 0.1) is 91.5 Å². The Hall–Kier alpha value is -6.34. The van der Waals surface area contributed by atoms with Gasteiger partial charge in [0.05, 0.1) is 22.5 Å². The molecule has 0 amide bonds. The molecule has 8 nitrogen and oxygen atoms in total. The lowest BCUT2D eigenvalue weighted by Gasteiger charge is -2.14. The monoisotopic (exact) mass is 504 g/mol. The van der Waals surface area contributed by atoms with Crippen LogP contribution in [0.25, 0.3) is 11.1 Å². The number of hydrogen-bond acceptors (Lipinski definition) is 8. The first-order chi connectivity index (χ1) is 18.2. The molecule has 0 saturated carbocycles. The fourth-order valence-corrected chi connectivity index (χ4v) is 4.20. The van der Waals surface area contributed by atoms with E-state index in [4.69, 9.17) is 0 Å². The standard InChI is InChI=1S/C26H4F4N8/c27-13-1-17(37-19(29)3-13)23-15(9-35)25-22(12(7-33)8-34)24(18-2-14(28)4-20(30)38-18)16(10-36)26(25)21(23)11(5-31)6-32/h1-4H. The number of allylic oxidation sites excluding steroid dienone is 10. The molecular weight excluding hydrogens is 500 g/mol. The molecule has 2 aromatic rings. The average molecular weight is 504 g/mol. The predicted octanol–water partition coefficient (Wildman–Crippen LogP) is 4.30. The molecule has 176 valence electrons. The molecular formula is C26H4F4N8. The summed E-state index contributed by atoms with van der Waals surface area (Å²) in [5.74, 6) is -4.87. The smallest absolute Gasteiger partial charge is 0.216 e. The lowest BCUT2D eigenvalue weighted by molar-refractivity contribution is 0.549. The van der Waals surface area contributed by atoms with Gasteiger partial charge in [-0.15, -0.1) is 0 Å². The molecule has 0 atom stereocenters. The molecule has 0 bridgehead atoms. The summed E-state index contributed by atoms with van der Waals surface area (Å²) in [5.41, 5.74) is -5.94. The number of hydrogen-bond donors (Lipinski definition) is 0. The van der Waals surface area contributed by atoms with Gasteiger partial charge in [-0.2, -0.15) is 40.4 Å². The predicted molar refractivity (Wildman–Crippen MR) is 117 cm³/mol. The van der Waals surface area contributed by atoms with Crippen LogP contribution in [0.4, 0.5) is 17.6 Å². The molecule has 0 unspecified atom stereocenters. The summed E-state index contributed by atoms with van der Waals surface area (Å²) >= 11 is 0. The van der Waals surface area contributed by atoms with E-state index in [0.29, 0.717) is 24.3 Å². The Morgan fingerprint density at radius 2 is 0.868 bits per heavy atom. The van der Waals surface area contributed by atoms with E-state index in [9.17, 15) is 49.1 Å². The Labute approximate surface area is 210 Å². The van der Waals surface area contributed by atoms with Crippen LogP contribution in [0.15, 0.2) is 68.9 Å². The molecule has 0 radical (unpaired) electrons. The summed E-state index contributed by atoms with van der Waals surface area (Å²) in [6, 6.07) is 12.1. The molecule has 0 fully saturated rings. The van der Waals surface area contributed by atoms with Crippen LogP contribution in [0.1, 0.15) is 11.4 Å².